The van der Waals surface area contributed by atoms with Crippen LogP contribution in [0.2, 0.25) is 10.0 Å². The number of hydrogen-bond acceptors (Lipinski definition) is 3. The van der Waals surface area contributed by atoms with Gasteiger partial charge in [-0.2, -0.15) is 0 Å². The summed E-state index contributed by atoms with van der Waals surface area (Å²) in [5.74, 6) is -0.275. The van der Waals surface area contributed by atoms with Gasteiger partial charge in [-0.1, -0.05) is 29.8 Å². The summed E-state index contributed by atoms with van der Waals surface area (Å²) in [5.41, 5.74) is 1.47. The van der Waals surface area contributed by atoms with Gasteiger partial charge in [-0.05, 0) is 42.3 Å². The molecule has 0 aromatic heterocycles. The highest BCUT2D eigenvalue weighted by Crippen LogP contribution is 2.36. The van der Waals surface area contributed by atoms with E-state index < -0.39 is 5.82 Å². The molecular weight excluding hydrogens is 442 g/mol. The Kier molecular flexibility index (Phi) is 7.57. The van der Waals surface area contributed by atoms with E-state index in [0.717, 1.165) is 0 Å². The Morgan fingerprint density at radius 2 is 1.77 bits per heavy atom. The van der Waals surface area contributed by atoms with Crippen molar-refractivity contribution in [2.75, 3.05) is 33.3 Å². The maximum absolute atomic E-state index is 14.7. The summed E-state index contributed by atoms with van der Waals surface area (Å²) in [5, 5.41) is 0.822. The lowest BCUT2D eigenvalue weighted by atomic mass is 9.99. The van der Waals surface area contributed by atoms with Crippen molar-refractivity contribution in [3.8, 4) is 16.9 Å². The molecule has 31 heavy (non-hydrogen) atoms. The summed E-state index contributed by atoms with van der Waals surface area (Å²) in [6.45, 7) is 5.40. The van der Waals surface area contributed by atoms with Crippen LogP contribution in [0.5, 0.6) is 5.75 Å². The predicted octanol–water partition coefficient (Wildman–Crippen LogP) is 4.60. The number of methoxy groups -OCH3 is 1. The lowest BCUT2D eigenvalue weighted by Gasteiger charge is -2.34. The first kappa shape index (κ1) is 23.1. The summed E-state index contributed by atoms with van der Waals surface area (Å²) < 4.78 is 20.1. The van der Waals surface area contributed by atoms with E-state index in [0.29, 0.717) is 65.1 Å². The van der Waals surface area contributed by atoms with Crippen molar-refractivity contribution in [2.45, 2.75) is 12.8 Å². The molecule has 2 amide bonds. The number of rotatable bonds is 6. The highest BCUT2D eigenvalue weighted by molar-refractivity contribution is 6.35. The van der Waals surface area contributed by atoms with Crippen LogP contribution in [0.1, 0.15) is 12.0 Å². The van der Waals surface area contributed by atoms with Crippen molar-refractivity contribution in [3.05, 3.63) is 64.4 Å². The molecule has 2 aromatic carbocycles. The number of hydrogen-bond donors (Lipinski definition) is 0. The van der Waals surface area contributed by atoms with Gasteiger partial charge >= 0.3 is 0 Å². The molecular formula is C23H23Cl2FN2O3. The fourth-order valence-corrected chi connectivity index (χ4v) is 3.99. The number of amides is 2. The second-order valence-electron chi connectivity index (χ2n) is 7.18. The van der Waals surface area contributed by atoms with E-state index in [2.05, 4.69) is 6.58 Å². The third kappa shape index (κ3) is 5.38. The third-order valence-corrected chi connectivity index (χ3v) is 5.88. The number of piperazine rings is 1. The molecule has 1 aliphatic heterocycles. The summed E-state index contributed by atoms with van der Waals surface area (Å²) >= 11 is 12.3. The highest BCUT2D eigenvalue weighted by atomic mass is 35.5. The molecule has 1 saturated heterocycles. The number of ether oxygens (including phenoxy) is 1. The minimum atomic E-state index is -0.487. The van der Waals surface area contributed by atoms with Crippen LogP contribution in [0.4, 0.5) is 4.39 Å². The molecule has 3 rings (SSSR count). The van der Waals surface area contributed by atoms with Crippen LogP contribution in [0, 0.1) is 5.82 Å². The van der Waals surface area contributed by atoms with Crippen LogP contribution >= 0.6 is 23.2 Å². The van der Waals surface area contributed by atoms with Gasteiger partial charge in [0.2, 0.25) is 11.8 Å². The van der Waals surface area contributed by atoms with Crippen molar-refractivity contribution in [1.82, 2.24) is 9.80 Å². The van der Waals surface area contributed by atoms with E-state index in [4.69, 9.17) is 27.9 Å². The van der Waals surface area contributed by atoms with Gasteiger partial charge in [-0.3, -0.25) is 9.59 Å². The summed E-state index contributed by atoms with van der Waals surface area (Å²) in [4.78, 5) is 27.8. The molecule has 1 aliphatic rings. The molecule has 0 atom stereocenters. The highest BCUT2D eigenvalue weighted by Gasteiger charge is 2.23. The average molecular weight is 465 g/mol. The molecule has 164 valence electrons. The Hall–Kier alpha value is -2.57. The molecule has 0 spiro atoms. The number of carbonyl (C=O) groups excluding carboxylic acids is 2. The molecule has 0 unspecified atom stereocenters. The van der Waals surface area contributed by atoms with Crippen molar-refractivity contribution >= 4 is 35.0 Å². The van der Waals surface area contributed by atoms with E-state index in [1.54, 1.807) is 34.1 Å². The van der Waals surface area contributed by atoms with E-state index in [1.807, 2.05) is 0 Å². The molecule has 1 fully saturated rings. The van der Waals surface area contributed by atoms with E-state index in [-0.39, 0.29) is 18.2 Å². The van der Waals surface area contributed by atoms with E-state index in [1.165, 1.54) is 19.3 Å². The Bertz CT molecular complexity index is 1000. The first-order chi connectivity index (χ1) is 14.8. The van der Waals surface area contributed by atoms with Gasteiger partial charge in [0.15, 0.2) is 0 Å². The van der Waals surface area contributed by atoms with Crippen molar-refractivity contribution in [3.63, 3.8) is 0 Å². The largest absolute Gasteiger partial charge is 0.496 e. The van der Waals surface area contributed by atoms with Gasteiger partial charge < -0.3 is 14.5 Å². The van der Waals surface area contributed by atoms with Crippen molar-refractivity contribution < 1.29 is 18.7 Å². The van der Waals surface area contributed by atoms with Gasteiger partial charge in [0.05, 0.1) is 7.11 Å². The molecule has 0 N–H and O–H groups in total. The quantitative estimate of drug-likeness (QED) is 0.587. The first-order valence-corrected chi connectivity index (χ1v) is 10.6. The number of carbonyl (C=O) groups is 2. The molecule has 0 aliphatic carbocycles. The van der Waals surface area contributed by atoms with Gasteiger partial charge in [0.1, 0.15) is 11.6 Å². The molecule has 1 heterocycles. The second-order valence-corrected chi connectivity index (χ2v) is 8.02. The molecule has 0 radical (unpaired) electrons. The molecule has 0 saturated carbocycles. The minimum Gasteiger partial charge on any atom is -0.496 e. The predicted molar refractivity (Wildman–Crippen MR) is 120 cm³/mol. The van der Waals surface area contributed by atoms with Gasteiger partial charge in [0, 0.05) is 59.8 Å². The SMILES string of the molecule is C=CC(=O)N1CCN(C(=O)CCc2cc(-c3cc(Cl)ccc3Cl)c(F)cc2OC)CC1. The number of halogens is 3. The minimum absolute atomic E-state index is 0.0283. The van der Waals surface area contributed by atoms with Crippen LogP contribution in [-0.4, -0.2) is 54.9 Å². The van der Waals surface area contributed by atoms with E-state index in [9.17, 15) is 14.0 Å². The summed E-state index contributed by atoms with van der Waals surface area (Å²) in [6, 6.07) is 7.80. The summed E-state index contributed by atoms with van der Waals surface area (Å²) in [7, 11) is 1.46. The summed E-state index contributed by atoms with van der Waals surface area (Å²) in [6.07, 6.45) is 1.89. The molecule has 8 heteroatoms. The molecule has 5 nitrogen and oxygen atoms in total. The third-order valence-electron chi connectivity index (χ3n) is 5.32. The number of aryl methyl sites for hydroxylation is 1. The van der Waals surface area contributed by atoms with Crippen LogP contribution < -0.4 is 4.74 Å². The van der Waals surface area contributed by atoms with Gasteiger partial charge in [-0.25, -0.2) is 4.39 Å². The monoisotopic (exact) mass is 464 g/mol. The normalized spacial score (nSPS) is 13.8. The Morgan fingerprint density at radius 1 is 1.10 bits per heavy atom. The lowest BCUT2D eigenvalue weighted by molar-refractivity contribution is -0.137. The maximum atomic E-state index is 14.7. The Balaban J connectivity index is 1.74. The maximum Gasteiger partial charge on any atom is 0.246 e. The average Bonchev–Trinajstić information content (AvgIpc) is 2.79. The fourth-order valence-electron chi connectivity index (χ4n) is 3.60. The topological polar surface area (TPSA) is 49.9 Å². The van der Waals surface area contributed by atoms with Crippen molar-refractivity contribution in [1.29, 1.82) is 0 Å². The van der Waals surface area contributed by atoms with Crippen LogP contribution in [0.15, 0.2) is 43.0 Å². The zero-order valence-electron chi connectivity index (χ0n) is 17.2. The van der Waals surface area contributed by atoms with Crippen LogP contribution in [-0.2, 0) is 16.0 Å². The zero-order chi connectivity index (χ0) is 22.5. The zero-order valence-corrected chi connectivity index (χ0v) is 18.7. The number of benzene rings is 2. The second kappa shape index (κ2) is 10.2. The number of nitrogens with zero attached hydrogens (tertiary/aromatic N) is 2. The molecule has 0 bridgehead atoms. The van der Waals surface area contributed by atoms with Crippen LogP contribution in [0.25, 0.3) is 11.1 Å². The smallest absolute Gasteiger partial charge is 0.246 e. The fraction of sp³-hybridized carbons (Fsp3) is 0.304. The standard InChI is InChI=1S/C23H23Cl2FN2O3/c1-3-22(29)27-8-10-28(11-9-27)23(30)7-4-15-12-18(20(26)14-21(15)31-2)17-13-16(24)5-6-19(17)25/h3,5-6,12-14H,1,4,7-11H2,2H3. The van der Waals surface area contributed by atoms with Crippen molar-refractivity contribution in [2.24, 2.45) is 0 Å². The van der Waals surface area contributed by atoms with Crippen LogP contribution in [0.3, 0.4) is 0 Å². The Morgan fingerprint density at radius 3 is 2.42 bits per heavy atom. The lowest BCUT2D eigenvalue weighted by Crippen LogP contribution is -2.50. The van der Waals surface area contributed by atoms with E-state index >= 15 is 0 Å². The molecule has 2 aromatic rings. The van der Waals surface area contributed by atoms with Gasteiger partial charge in [-0.15, -0.1) is 0 Å². The first-order valence-electron chi connectivity index (χ1n) is 9.85. The van der Waals surface area contributed by atoms with Gasteiger partial charge in [0.25, 0.3) is 0 Å². The Labute approximate surface area is 191 Å².